The third-order valence-electron chi connectivity index (χ3n) is 5.12. The van der Waals surface area contributed by atoms with Gasteiger partial charge in [-0.05, 0) is 76.7 Å². The fraction of sp³-hybridized carbons (Fsp3) is 0.684. The minimum atomic E-state index is -0.754. The topological polar surface area (TPSA) is 89.6 Å². The van der Waals surface area contributed by atoms with E-state index in [0.29, 0.717) is 41.6 Å². The number of hydrogen-bond acceptors (Lipinski definition) is 6. The highest BCUT2D eigenvalue weighted by atomic mass is 16.5. The highest BCUT2D eigenvalue weighted by Gasteiger charge is 2.35. The minimum Gasteiger partial charge on any atom is -0.477 e. The molecule has 7 nitrogen and oxygen atoms in total. The standard InChI is InChI=1S/C19H26N4O3/c1-11-20-18(26-23-11)19(2,3)22-16(24)15-9-8-14(13-6-7-13)17(21-15)25-10-12-4-5-12/h12-13H,4-10H2,1-3H3,(H,22,24). The van der Waals surface area contributed by atoms with Gasteiger partial charge in [-0.2, -0.15) is 4.98 Å². The molecule has 1 aromatic rings. The SMILES string of the molecule is Cc1noc(C(C)(C)NC(=O)C2=NC(OCC3CC3)=C(C3CC3)CC2)n1. The van der Waals surface area contributed by atoms with Gasteiger partial charge in [-0.3, -0.25) is 4.79 Å². The van der Waals surface area contributed by atoms with Crippen LogP contribution in [0.4, 0.5) is 0 Å². The first-order valence-electron chi connectivity index (χ1n) is 9.49. The zero-order chi connectivity index (χ0) is 18.3. The Morgan fingerprint density at radius 1 is 1.27 bits per heavy atom. The lowest BCUT2D eigenvalue weighted by Gasteiger charge is -2.24. The van der Waals surface area contributed by atoms with Crippen LogP contribution in [0.1, 0.15) is 64.1 Å². The van der Waals surface area contributed by atoms with Gasteiger partial charge in [-0.15, -0.1) is 0 Å². The zero-order valence-electron chi connectivity index (χ0n) is 15.7. The van der Waals surface area contributed by atoms with Crippen LogP contribution >= 0.6 is 0 Å². The number of hydrogen-bond donors (Lipinski definition) is 1. The summed E-state index contributed by atoms with van der Waals surface area (Å²) in [5.74, 6) is 2.70. The van der Waals surface area contributed by atoms with Crippen LogP contribution in [0.3, 0.4) is 0 Å². The van der Waals surface area contributed by atoms with Crippen molar-refractivity contribution < 1.29 is 14.1 Å². The Morgan fingerprint density at radius 3 is 2.65 bits per heavy atom. The monoisotopic (exact) mass is 358 g/mol. The van der Waals surface area contributed by atoms with E-state index in [1.54, 1.807) is 6.92 Å². The van der Waals surface area contributed by atoms with E-state index in [-0.39, 0.29) is 5.91 Å². The summed E-state index contributed by atoms with van der Waals surface area (Å²) >= 11 is 0. The molecular formula is C19H26N4O3. The van der Waals surface area contributed by atoms with Gasteiger partial charge in [0.1, 0.15) is 11.3 Å². The van der Waals surface area contributed by atoms with Crippen molar-refractivity contribution in [1.82, 2.24) is 15.5 Å². The normalized spacial score (nSPS) is 20.8. The third-order valence-corrected chi connectivity index (χ3v) is 5.12. The van der Waals surface area contributed by atoms with Gasteiger partial charge in [0.05, 0.1) is 6.61 Å². The van der Waals surface area contributed by atoms with Crippen molar-refractivity contribution >= 4 is 11.6 Å². The first-order valence-corrected chi connectivity index (χ1v) is 9.49. The molecule has 2 heterocycles. The second-order valence-corrected chi connectivity index (χ2v) is 8.14. The van der Waals surface area contributed by atoms with Gasteiger partial charge in [-0.25, -0.2) is 4.99 Å². The van der Waals surface area contributed by atoms with E-state index in [9.17, 15) is 4.79 Å². The van der Waals surface area contributed by atoms with E-state index in [0.717, 1.165) is 13.0 Å². The van der Waals surface area contributed by atoms with Crippen LogP contribution in [-0.4, -0.2) is 28.4 Å². The molecule has 26 heavy (non-hydrogen) atoms. The molecule has 1 amide bonds. The van der Waals surface area contributed by atoms with Gasteiger partial charge in [0.25, 0.3) is 11.8 Å². The number of nitrogens with one attached hydrogen (secondary N) is 1. The zero-order valence-corrected chi connectivity index (χ0v) is 15.7. The van der Waals surface area contributed by atoms with Gasteiger partial charge in [-0.1, -0.05) is 5.16 Å². The average Bonchev–Trinajstić information content (AvgIpc) is 3.51. The lowest BCUT2D eigenvalue weighted by atomic mass is 9.99. The maximum atomic E-state index is 12.8. The molecule has 0 bridgehead atoms. The summed E-state index contributed by atoms with van der Waals surface area (Å²) in [6.07, 6.45) is 6.41. The van der Waals surface area contributed by atoms with E-state index in [2.05, 4.69) is 20.4 Å². The number of rotatable bonds is 7. The predicted octanol–water partition coefficient (Wildman–Crippen LogP) is 3.01. The fourth-order valence-electron chi connectivity index (χ4n) is 3.15. The number of carbonyl (C=O) groups is 1. The Balaban J connectivity index is 1.48. The summed E-state index contributed by atoms with van der Waals surface area (Å²) in [6.45, 7) is 6.16. The van der Waals surface area contributed by atoms with Crippen molar-refractivity contribution in [1.29, 1.82) is 0 Å². The third kappa shape index (κ3) is 3.81. The number of aromatic nitrogens is 2. The van der Waals surface area contributed by atoms with Crippen molar-refractivity contribution in [3.05, 3.63) is 23.2 Å². The van der Waals surface area contributed by atoms with E-state index < -0.39 is 5.54 Å². The maximum absolute atomic E-state index is 12.8. The Bertz CT molecular complexity index is 770. The molecule has 7 heteroatoms. The molecule has 1 aromatic heterocycles. The summed E-state index contributed by atoms with van der Waals surface area (Å²) in [5.41, 5.74) is 1.06. The summed E-state index contributed by atoms with van der Waals surface area (Å²) in [6, 6.07) is 0. The van der Waals surface area contributed by atoms with Crippen LogP contribution in [0.2, 0.25) is 0 Å². The maximum Gasteiger partial charge on any atom is 0.266 e. The molecule has 4 rings (SSSR count). The van der Waals surface area contributed by atoms with Crippen molar-refractivity contribution in [3.63, 3.8) is 0 Å². The molecule has 1 N–H and O–H groups in total. The molecule has 2 fully saturated rings. The minimum absolute atomic E-state index is 0.201. The van der Waals surface area contributed by atoms with Crippen LogP contribution in [0, 0.1) is 18.8 Å². The Kier molecular flexibility index (Phi) is 4.32. The van der Waals surface area contributed by atoms with Crippen LogP contribution in [-0.2, 0) is 15.1 Å². The molecule has 0 aromatic carbocycles. The molecule has 1 aliphatic heterocycles. The summed E-state index contributed by atoms with van der Waals surface area (Å²) < 4.78 is 11.2. The molecular weight excluding hydrogens is 332 g/mol. The number of ether oxygens (including phenoxy) is 1. The number of carbonyl (C=O) groups excluding carboxylic acids is 1. The van der Waals surface area contributed by atoms with E-state index in [1.165, 1.54) is 31.3 Å². The van der Waals surface area contributed by atoms with E-state index >= 15 is 0 Å². The first kappa shape index (κ1) is 17.2. The molecule has 0 unspecified atom stereocenters. The van der Waals surface area contributed by atoms with Gasteiger partial charge < -0.3 is 14.6 Å². The number of aliphatic imine (C=N–C) groups is 1. The average molecular weight is 358 g/mol. The number of aryl methyl sites for hydroxylation is 1. The van der Waals surface area contributed by atoms with Gasteiger partial charge in [0.15, 0.2) is 5.82 Å². The number of amides is 1. The number of allylic oxidation sites excluding steroid dienone is 1. The van der Waals surface area contributed by atoms with E-state index in [4.69, 9.17) is 9.26 Å². The van der Waals surface area contributed by atoms with Gasteiger partial charge >= 0.3 is 0 Å². The largest absolute Gasteiger partial charge is 0.477 e. The molecule has 0 atom stereocenters. The van der Waals surface area contributed by atoms with Crippen molar-refractivity contribution in [2.24, 2.45) is 16.8 Å². The molecule has 3 aliphatic rings. The second kappa shape index (κ2) is 6.52. The molecule has 140 valence electrons. The van der Waals surface area contributed by atoms with Crippen LogP contribution in [0.5, 0.6) is 0 Å². The van der Waals surface area contributed by atoms with Gasteiger partial charge in [0, 0.05) is 0 Å². The Labute approximate surface area is 153 Å². The Hall–Kier alpha value is -2.18. The quantitative estimate of drug-likeness (QED) is 0.809. The summed E-state index contributed by atoms with van der Waals surface area (Å²) in [7, 11) is 0. The molecule has 0 spiro atoms. The fourth-order valence-corrected chi connectivity index (χ4v) is 3.15. The van der Waals surface area contributed by atoms with Crippen LogP contribution in [0.25, 0.3) is 0 Å². The highest BCUT2D eigenvalue weighted by molar-refractivity contribution is 6.39. The smallest absolute Gasteiger partial charge is 0.266 e. The molecule has 0 radical (unpaired) electrons. The van der Waals surface area contributed by atoms with Crippen molar-refractivity contribution in [2.75, 3.05) is 6.61 Å². The summed E-state index contributed by atoms with van der Waals surface area (Å²) in [4.78, 5) is 21.6. The molecule has 0 saturated heterocycles. The second-order valence-electron chi connectivity index (χ2n) is 8.14. The lowest BCUT2D eigenvalue weighted by molar-refractivity contribution is -0.116. The van der Waals surface area contributed by atoms with Crippen molar-refractivity contribution in [2.45, 2.75) is 64.8 Å². The Morgan fingerprint density at radius 2 is 2.04 bits per heavy atom. The number of nitrogens with zero attached hydrogens (tertiary/aromatic N) is 3. The van der Waals surface area contributed by atoms with E-state index in [1.807, 2.05) is 13.8 Å². The molecule has 2 aliphatic carbocycles. The van der Waals surface area contributed by atoms with Crippen LogP contribution < -0.4 is 5.32 Å². The van der Waals surface area contributed by atoms with Crippen LogP contribution in [0.15, 0.2) is 21.0 Å². The summed E-state index contributed by atoms with van der Waals surface area (Å²) in [5, 5.41) is 6.77. The predicted molar refractivity (Wildman–Crippen MR) is 95.3 cm³/mol. The van der Waals surface area contributed by atoms with Crippen molar-refractivity contribution in [3.8, 4) is 0 Å². The first-order chi connectivity index (χ1) is 12.4. The lowest BCUT2D eigenvalue weighted by Crippen LogP contribution is -2.45. The highest BCUT2D eigenvalue weighted by Crippen LogP contribution is 2.42. The van der Waals surface area contributed by atoms with Gasteiger partial charge in [0.2, 0.25) is 5.88 Å². The molecule has 2 saturated carbocycles.